The SMILES string of the molecule is COCCC1(CNC2CCS(=O)(=O)C2)CC1. The molecule has 0 bridgehead atoms. The van der Waals surface area contributed by atoms with Gasteiger partial charge in [-0.05, 0) is 31.1 Å². The molecule has 1 unspecified atom stereocenters. The Kier molecular flexibility index (Phi) is 3.56. The number of rotatable bonds is 6. The van der Waals surface area contributed by atoms with Crippen molar-refractivity contribution in [3.8, 4) is 0 Å². The first-order valence-corrected chi connectivity index (χ1v) is 7.80. The molecule has 5 heteroatoms. The fourth-order valence-electron chi connectivity index (χ4n) is 2.33. The Morgan fingerprint density at radius 2 is 2.19 bits per heavy atom. The lowest BCUT2D eigenvalue weighted by Crippen LogP contribution is -2.35. The van der Waals surface area contributed by atoms with Gasteiger partial charge in [0.2, 0.25) is 0 Å². The van der Waals surface area contributed by atoms with Crippen LogP contribution in [0.25, 0.3) is 0 Å². The third kappa shape index (κ3) is 3.18. The van der Waals surface area contributed by atoms with Crippen LogP contribution in [0, 0.1) is 5.41 Å². The van der Waals surface area contributed by atoms with Gasteiger partial charge < -0.3 is 10.1 Å². The van der Waals surface area contributed by atoms with Gasteiger partial charge in [-0.3, -0.25) is 0 Å². The van der Waals surface area contributed by atoms with Crippen LogP contribution in [0.5, 0.6) is 0 Å². The summed E-state index contributed by atoms with van der Waals surface area (Å²) in [5.41, 5.74) is 0.405. The van der Waals surface area contributed by atoms with Crippen LogP contribution in [-0.4, -0.2) is 46.2 Å². The minimum Gasteiger partial charge on any atom is -0.385 e. The van der Waals surface area contributed by atoms with Gasteiger partial charge in [0.25, 0.3) is 0 Å². The third-order valence-electron chi connectivity index (χ3n) is 3.79. The Hall–Kier alpha value is -0.130. The van der Waals surface area contributed by atoms with Crippen molar-refractivity contribution in [1.29, 1.82) is 0 Å². The zero-order valence-corrected chi connectivity index (χ0v) is 10.7. The van der Waals surface area contributed by atoms with E-state index in [2.05, 4.69) is 5.32 Å². The number of sulfone groups is 1. The average molecular weight is 247 g/mol. The molecule has 0 amide bonds. The molecule has 1 heterocycles. The van der Waals surface area contributed by atoms with E-state index in [4.69, 9.17) is 4.74 Å². The largest absolute Gasteiger partial charge is 0.385 e. The van der Waals surface area contributed by atoms with Crippen molar-refractivity contribution >= 4 is 9.84 Å². The molecule has 1 aliphatic carbocycles. The minimum atomic E-state index is -2.75. The second kappa shape index (κ2) is 4.63. The third-order valence-corrected chi connectivity index (χ3v) is 5.56. The summed E-state index contributed by atoms with van der Waals surface area (Å²) in [4.78, 5) is 0. The summed E-state index contributed by atoms with van der Waals surface area (Å²) in [5, 5.41) is 3.41. The first-order valence-electron chi connectivity index (χ1n) is 5.98. The van der Waals surface area contributed by atoms with Gasteiger partial charge >= 0.3 is 0 Å². The van der Waals surface area contributed by atoms with E-state index in [-0.39, 0.29) is 6.04 Å². The second-order valence-electron chi connectivity index (χ2n) is 5.22. The number of ether oxygens (including phenoxy) is 1. The van der Waals surface area contributed by atoms with Crippen LogP contribution in [0.15, 0.2) is 0 Å². The molecule has 0 radical (unpaired) electrons. The van der Waals surface area contributed by atoms with Gasteiger partial charge in [0.05, 0.1) is 11.5 Å². The number of hydrogen-bond donors (Lipinski definition) is 1. The highest BCUT2D eigenvalue weighted by atomic mass is 32.2. The fraction of sp³-hybridized carbons (Fsp3) is 1.00. The molecule has 0 aromatic rings. The molecule has 94 valence electrons. The average Bonchev–Trinajstić information content (AvgIpc) is 2.92. The summed E-state index contributed by atoms with van der Waals surface area (Å²) in [7, 11) is -1.02. The van der Waals surface area contributed by atoms with Crippen molar-refractivity contribution in [3.05, 3.63) is 0 Å². The molecule has 1 saturated carbocycles. The molecule has 0 aromatic carbocycles. The van der Waals surface area contributed by atoms with Crippen LogP contribution in [0.2, 0.25) is 0 Å². The monoisotopic (exact) mass is 247 g/mol. The minimum absolute atomic E-state index is 0.185. The first-order chi connectivity index (χ1) is 7.55. The van der Waals surface area contributed by atoms with Gasteiger partial charge in [-0.2, -0.15) is 0 Å². The van der Waals surface area contributed by atoms with Crippen LogP contribution in [0.4, 0.5) is 0 Å². The maximum atomic E-state index is 11.3. The van der Waals surface area contributed by atoms with E-state index in [0.717, 1.165) is 26.0 Å². The second-order valence-corrected chi connectivity index (χ2v) is 7.45. The highest BCUT2D eigenvalue weighted by Gasteiger charge is 2.42. The molecule has 1 aliphatic heterocycles. The molecular weight excluding hydrogens is 226 g/mol. The topological polar surface area (TPSA) is 55.4 Å². The van der Waals surface area contributed by atoms with Crippen LogP contribution in [0.1, 0.15) is 25.7 Å². The van der Waals surface area contributed by atoms with E-state index in [1.54, 1.807) is 7.11 Å². The van der Waals surface area contributed by atoms with E-state index in [1.165, 1.54) is 12.8 Å². The Bertz CT molecular complexity index is 335. The summed E-state index contributed by atoms with van der Waals surface area (Å²) in [5.74, 6) is 0.684. The van der Waals surface area contributed by atoms with E-state index < -0.39 is 9.84 Å². The molecule has 1 N–H and O–H groups in total. The molecule has 2 fully saturated rings. The summed E-state index contributed by atoms with van der Waals surface area (Å²) < 4.78 is 27.7. The number of nitrogens with one attached hydrogen (secondary N) is 1. The lowest BCUT2D eigenvalue weighted by molar-refractivity contribution is 0.170. The Morgan fingerprint density at radius 1 is 1.44 bits per heavy atom. The number of methoxy groups -OCH3 is 1. The molecular formula is C11H21NO3S. The lowest BCUT2D eigenvalue weighted by atomic mass is 10.0. The maximum absolute atomic E-state index is 11.3. The molecule has 4 nitrogen and oxygen atoms in total. The zero-order valence-electron chi connectivity index (χ0n) is 9.87. The molecule has 0 aromatic heterocycles. The van der Waals surface area contributed by atoms with Gasteiger partial charge in [-0.15, -0.1) is 0 Å². The van der Waals surface area contributed by atoms with Crippen molar-refractivity contribution in [2.75, 3.05) is 31.8 Å². The molecule has 0 spiro atoms. The maximum Gasteiger partial charge on any atom is 0.151 e. The Balaban J connectivity index is 1.72. The van der Waals surface area contributed by atoms with Gasteiger partial charge in [0, 0.05) is 26.3 Å². The van der Waals surface area contributed by atoms with Gasteiger partial charge in [-0.25, -0.2) is 8.42 Å². The van der Waals surface area contributed by atoms with E-state index in [9.17, 15) is 8.42 Å². The highest BCUT2D eigenvalue weighted by Crippen LogP contribution is 2.48. The summed E-state index contributed by atoms with van der Waals surface area (Å²) >= 11 is 0. The molecule has 2 aliphatic rings. The van der Waals surface area contributed by atoms with Crippen LogP contribution in [0.3, 0.4) is 0 Å². The Labute approximate surface area is 97.7 Å². The predicted octanol–water partition coefficient (Wildman–Crippen LogP) is 0.580. The highest BCUT2D eigenvalue weighted by molar-refractivity contribution is 7.91. The Morgan fingerprint density at radius 3 is 2.69 bits per heavy atom. The molecule has 16 heavy (non-hydrogen) atoms. The van der Waals surface area contributed by atoms with Crippen LogP contribution < -0.4 is 5.32 Å². The van der Waals surface area contributed by atoms with Crippen molar-refractivity contribution in [2.24, 2.45) is 5.41 Å². The van der Waals surface area contributed by atoms with Gasteiger partial charge in [-0.1, -0.05) is 0 Å². The fourth-order valence-corrected chi connectivity index (χ4v) is 4.04. The van der Waals surface area contributed by atoms with E-state index >= 15 is 0 Å². The lowest BCUT2D eigenvalue weighted by Gasteiger charge is -2.18. The normalized spacial score (nSPS) is 30.4. The quantitative estimate of drug-likeness (QED) is 0.746. The predicted molar refractivity (Wildman–Crippen MR) is 63.2 cm³/mol. The van der Waals surface area contributed by atoms with Crippen molar-refractivity contribution in [3.63, 3.8) is 0 Å². The zero-order chi connectivity index (χ0) is 11.6. The van der Waals surface area contributed by atoms with E-state index in [1.807, 2.05) is 0 Å². The summed E-state index contributed by atoms with van der Waals surface area (Å²) in [6.07, 6.45) is 4.38. The van der Waals surface area contributed by atoms with Gasteiger partial charge in [0.15, 0.2) is 9.84 Å². The van der Waals surface area contributed by atoms with Crippen LogP contribution >= 0.6 is 0 Å². The van der Waals surface area contributed by atoms with Crippen LogP contribution in [-0.2, 0) is 14.6 Å². The molecule has 1 atom stereocenters. The van der Waals surface area contributed by atoms with Crippen molar-refractivity contribution in [2.45, 2.75) is 31.7 Å². The number of hydrogen-bond acceptors (Lipinski definition) is 4. The molecule has 2 rings (SSSR count). The van der Waals surface area contributed by atoms with Gasteiger partial charge in [0.1, 0.15) is 0 Å². The smallest absolute Gasteiger partial charge is 0.151 e. The molecule has 1 saturated heterocycles. The first kappa shape index (κ1) is 12.3. The van der Waals surface area contributed by atoms with Crippen molar-refractivity contribution < 1.29 is 13.2 Å². The standard InChI is InChI=1S/C11H21NO3S/c1-15-6-5-11(3-4-11)9-12-10-2-7-16(13,14)8-10/h10,12H,2-9H2,1H3. The summed E-state index contributed by atoms with van der Waals surface area (Å²) in [6, 6.07) is 0.185. The summed E-state index contributed by atoms with van der Waals surface area (Å²) in [6.45, 7) is 1.77. The van der Waals surface area contributed by atoms with Crippen molar-refractivity contribution in [1.82, 2.24) is 5.32 Å². The van der Waals surface area contributed by atoms with E-state index in [0.29, 0.717) is 16.9 Å².